The first-order valence-corrected chi connectivity index (χ1v) is 10.7. The van der Waals surface area contributed by atoms with Crippen molar-refractivity contribution in [2.24, 2.45) is 5.92 Å². The SMILES string of the molecule is COc1ccc(CC2CCN(C(=O)c3nnn(C4CCNCC4)c3C)CC2)cc1.Cl. The molecule has 0 unspecified atom stereocenters. The summed E-state index contributed by atoms with van der Waals surface area (Å²) in [4.78, 5) is 15.0. The van der Waals surface area contributed by atoms with Crippen LogP contribution >= 0.6 is 12.4 Å². The van der Waals surface area contributed by atoms with E-state index in [1.165, 1.54) is 5.56 Å². The Bertz CT molecular complexity index is 825. The lowest BCUT2D eigenvalue weighted by atomic mass is 9.90. The van der Waals surface area contributed by atoms with Crippen molar-refractivity contribution in [1.29, 1.82) is 0 Å². The molecule has 164 valence electrons. The van der Waals surface area contributed by atoms with Gasteiger partial charge in [0.15, 0.2) is 5.69 Å². The van der Waals surface area contributed by atoms with Gasteiger partial charge in [-0.15, -0.1) is 17.5 Å². The van der Waals surface area contributed by atoms with Gasteiger partial charge in [0.05, 0.1) is 18.8 Å². The Morgan fingerprint density at radius 2 is 1.80 bits per heavy atom. The van der Waals surface area contributed by atoms with Gasteiger partial charge < -0.3 is 15.0 Å². The Hall–Kier alpha value is -2.12. The average molecular weight is 434 g/mol. The molecule has 1 N–H and O–H groups in total. The third-order valence-corrected chi connectivity index (χ3v) is 6.37. The van der Waals surface area contributed by atoms with E-state index in [1.54, 1.807) is 7.11 Å². The monoisotopic (exact) mass is 433 g/mol. The number of methoxy groups -OCH3 is 1. The minimum atomic E-state index is 0. The molecule has 2 aliphatic rings. The number of carbonyl (C=O) groups excluding carboxylic acids is 1. The molecule has 2 aromatic rings. The van der Waals surface area contributed by atoms with Gasteiger partial charge in [-0.3, -0.25) is 4.79 Å². The molecule has 2 saturated heterocycles. The molecule has 2 aliphatic heterocycles. The Labute approximate surface area is 184 Å². The summed E-state index contributed by atoms with van der Waals surface area (Å²) in [5.74, 6) is 1.53. The summed E-state index contributed by atoms with van der Waals surface area (Å²) < 4.78 is 7.19. The summed E-state index contributed by atoms with van der Waals surface area (Å²) in [7, 11) is 1.69. The number of amides is 1. The predicted octanol–water partition coefficient (Wildman–Crippen LogP) is 3.04. The fourth-order valence-corrected chi connectivity index (χ4v) is 4.52. The highest BCUT2D eigenvalue weighted by molar-refractivity contribution is 5.93. The second-order valence-corrected chi connectivity index (χ2v) is 8.24. The zero-order valence-electron chi connectivity index (χ0n) is 17.8. The van der Waals surface area contributed by atoms with Crippen LogP contribution in [-0.4, -0.2) is 59.1 Å². The van der Waals surface area contributed by atoms with Crippen LogP contribution in [0.3, 0.4) is 0 Å². The molecule has 7 nitrogen and oxygen atoms in total. The number of ether oxygens (including phenoxy) is 1. The molecule has 0 atom stereocenters. The van der Waals surface area contributed by atoms with Crippen LogP contribution in [0.25, 0.3) is 0 Å². The van der Waals surface area contributed by atoms with E-state index >= 15 is 0 Å². The fraction of sp³-hybridized carbons (Fsp3) is 0.591. The number of nitrogens with zero attached hydrogens (tertiary/aromatic N) is 4. The molecule has 0 saturated carbocycles. The summed E-state index contributed by atoms with van der Waals surface area (Å²) in [6.45, 7) is 5.55. The molecule has 0 spiro atoms. The Morgan fingerprint density at radius 1 is 1.13 bits per heavy atom. The lowest BCUT2D eigenvalue weighted by molar-refractivity contribution is 0.0683. The largest absolute Gasteiger partial charge is 0.497 e. The number of rotatable bonds is 5. The van der Waals surface area contributed by atoms with Gasteiger partial charge in [-0.1, -0.05) is 17.3 Å². The minimum Gasteiger partial charge on any atom is -0.497 e. The normalized spacial score (nSPS) is 18.1. The molecule has 1 aromatic heterocycles. The van der Waals surface area contributed by atoms with Crippen LogP contribution in [0.15, 0.2) is 24.3 Å². The Kier molecular flexibility index (Phi) is 7.72. The van der Waals surface area contributed by atoms with Crippen molar-refractivity contribution in [3.05, 3.63) is 41.2 Å². The predicted molar refractivity (Wildman–Crippen MR) is 118 cm³/mol. The topological polar surface area (TPSA) is 72.3 Å². The third kappa shape index (κ3) is 4.95. The molecule has 4 rings (SSSR count). The van der Waals surface area contributed by atoms with Gasteiger partial charge in [-0.05, 0) is 75.7 Å². The molecular weight excluding hydrogens is 402 g/mol. The maximum absolute atomic E-state index is 13.0. The van der Waals surface area contributed by atoms with Gasteiger partial charge in [-0.25, -0.2) is 4.68 Å². The van der Waals surface area contributed by atoms with Crippen LogP contribution < -0.4 is 10.1 Å². The van der Waals surface area contributed by atoms with Crippen LogP contribution in [-0.2, 0) is 6.42 Å². The molecule has 1 aromatic carbocycles. The lowest BCUT2D eigenvalue weighted by Gasteiger charge is -2.31. The van der Waals surface area contributed by atoms with Crippen molar-refractivity contribution in [2.45, 2.75) is 45.1 Å². The molecule has 0 aliphatic carbocycles. The van der Waals surface area contributed by atoms with Gasteiger partial charge in [0.1, 0.15) is 5.75 Å². The van der Waals surface area contributed by atoms with E-state index in [1.807, 2.05) is 28.6 Å². The van der Waals surface area contributed by atoms with Gasteiger partial charge in [-0.2, -0.15) is 0 Å². The van der Waals surface area contributed by atoms with E-state index in [0.717, 1.165) is 69.7 Å². The summed E-state index contributed by atoms with van der Waals surface area (Å²) in [5, 5.41) is 11.9. The summed E-state index contributed by atoms with van der Waals surface area (Å²) in [5.41, 5.74) is 2.76. The highest BCUT2D eigenvalue weighted by atomic mass is 35.5. The van der Waals surface area contributed by atoms with E-state index in [9.17, 15) is 4.79 Å². The first kappa shape index (κ1) is 22.6. The highest BCUT2D eigenvalue weighted by Gasteiger charge is 2.28. The smallest absolute Gasteiger partial charge is 0.276 e. The van der Waals surface area contributed by atoms with Gasteiger partial charge in [0.2, 0.25) is 0 Å². The molecule has 0 radical (unpaired) electrons. The zero-order valence-corrected chi connectivity index (χ0v) is 18.7. The first-order valence-electron chi connectivity index (χ1n) is 10.7. The second kappa shape index (κ2) is 10.3. The third-order valence-electron chi connectivity index (χ3n) is 6.37. The average Bonchev–Trinajstić information content (AvgIpc) is 3.16. The maximum Gasteiger partial charge on any atom is 0.276 e. The highest BCUT2D eigenvalue weighted by Crippen LogP contribution is 2.25. The number of aromatic nitrogens is 3. The second-order valence-electron chi connectivity index (χ2n) is 8.24. The van der Waals surface area contributed by atoms with E-state index in [2.05, 4.69) is 27.8 Å². The summed E-state index contributed by atoms with van der Waals surface area (Å²) in [6.07, 6.45) is 5.18. The fourth-order valence-electron chi connectivity index (χ4n) is 4.52. The number of hydrogen-bond donors (Lipinski definition) is 1. The Morgan fingerprint density at radius 3 is 2.43 bits per heavy atom. The van der Waals surface area contributed by atoms with Crippen LogP contribution in [0.2, 0.25) is 0 Å². The molecule has 8 heteroatoms. The van der Waals surface area contributed by atoms with Crippen LogP contribution in [0.1, 0.15) is 53.5 Å². The van der Waals surface area contributed by atoms with Crippen molar-refractivity contribution in [2.75, 3.05) is 33.3 Å². The van der Waals surface area contributed by atoms with Gasteiger partial charge >= 0.3 is 0 Å². The van der Waals surface area contributed by atoms with E-state index in [4.69, 9.17) is 4.74 Å². The van der Waals surface area contributed by atoms with Gasteiger partial charge in [0, 0.05) is 13.1 Å². The number of carbonyl (C=O) groups is 1. The number of nitrogens with one attached hydrogen (secondary N) is 1. The molecule has 2 fully saturated rings. The van der Waals surface area contributed by atoms with Gasteiger partial charge in [0.25, 0.3) is 5.91 Å². The molecule has 30 heavy (non-hydrogen) atoms. The zero-order chi connectivity index (χ0) is 20.2. The van der Waals surface area contributed by atoms with Crippen molar-refractivity contribution >= 4 is 18.3 Å². The first-order chi connectivity index (χ1) is 14.2. The summed E-state index contributed by atoms with van der Waals surface area (Å²) >= 11 is 0. The molecule has 0 bridgehead atoms. The van der Waals surface area contributed by atoms with E-state index < -0.39 is 0 Å². The van der Waals surface area contributed by atoms with E-state index in [-0.39, 0.29) is 18.3 Å². The number of halogens is 1. The van der Waals surface area contributed by atoms with E-state index in [0.29, 0.717) is 17.7 Å². The number of benzene rings is 1. The Balaban J connectivity index is 0.00000256. The molecule has 3 heterocycles. The van der Waals surface area contributed by atoms with Crippen molar-refractivity contribution in [3.63, 3.8) is 0 Å². The van der Waals surface area contributed by atoms with Crippen LogP contribution in [0.4, 0.5) is 0 Å². The van der Waals surface area contributed by atoms with Crippen molar-refractivity contribution in [1.82, 2.24) is 25.2 Å². The standard InChI is InChI=1S/C22H31N5O2.ClH/c1-16-21(24-25-27(16)19-7-11-23-12-8-19)22(28)26-13-9-18(10-14-26)15-17-3-5-20(29-2)6-4-17;/h3-6,18-19,23H,7-15H2,1-2H3;1H. The van der Waals surface area contributed by atoms with Crippen LogP contribution in [0.5, 0.6) is 5.75 Å². The van der Waals surface area contributed by atoms with Crippen molar-refractivity contribution in [3.8, 4) is 5.75 Å². The maximum atomic E-state index is 13.0. The minimum absolute atomic E-state index is 0. The molecule has 1 amide bonds. The summed E-state index contributed by atoms with van der Waals surface area (Å²) in [6, 6.07) is 8.66. The number of hydrogen-bond acceptors (Lipinski definition) is 5. The number of piperidine rings is 2. The quantitative estimate of drug-likeness (QED) is 0.784. The lowest BCUT2D eigenvalue weighted by Crippen LogP contribution is -2.39. The van der Waals surface area contributed by atoms with Crippen LogP contribution in [0, 0.1) is 12.8 Å². The van der Waals surface area contributed by atoms with Crippen molar-refractivity contribution < 1.29 is 9.53 Å². The number of likely N-dealkylation sites (tertiary alicyclic amines) is 1. The molecular formula is C22H32ClN5O2.